The lowest BCUT2D eigenvalue weighted by Crippen LogP contribution is -2.13. The van der Waals surface area contributed by atoms with Crippen LogP contribution in [0.1, 0.15) is 15.2 Å². The third kappa shape index (κ3) is 2.80. The number of aryl methyl sites for hydroxylation is 1. The Morgan fingerprint density at radius 2 is 2.21 bits per heavy atom. The summed E-state index contributed by atoms with van der Waals surface area (Å²) in [7, 11) is 1.72. The van der Waals surface area contributed by atoms with Crippen LogP contribution in [0.5, 0.6) is 0 Å². The van der Waals surface area contributed by atoms with Crippen molar-refractivity contribution in [3.8, 4) is 0 Å². The molecule has 1 aromatic heterocycles. The maximum Gasteiger partial charge on any atom is 0.269 e. The molecule has 0 saturated carbocycles. The SMILES string of the molecule is CNc1nc(N)c(C(=O)Nc2c(C)cccc2Cl)s1. The van der Waals surface area contributed by atoms with E-state index in [1.165, 1.54) is 11.3 Å². The lowest BCUT2D eigenvalue weighted by molar-refractivity contribution is 0.103. The highest BCUT2D eigenvalue weighted by Gasteiger charge is 2.17. The number of nitrogens with zero attached hydrogens (tertiary/aromatic N) is 1. The molecule has 19 heavy (non-hydrogen) atoms. The van der Waals surface area contributed by atoms with Gasteiger partial charge < -0.3 is 16.4 Å². The molecular formula is C12H13ClN4OS. The zero-order valence-corrected chi connectivity index (χ0v) is 12.0. The van der Waals surface area contributed by atoms with Gasteiger partial charge in [0.25, 0.3) is 5.91 Å². The Bertz CT molecular complexity index is 606. The van der Waals surface area contributed by atoms with Crippen molar-refractivity contribution >= 4 is 45.5 Å². The lowest BCUT2D eigenvalue weighted by Gasteiger charge is -2.09. The number of nitrogen functional groups attached to an aromatic ring is 1. The van der Waals surface area contributed by atoms with E-state index in [9.17, 15) is 4.79 Å². The molecule has 0 spiro atoms. The monoisotopic (exact) mass is 296 g/mol. The molecule has 0 saturated heterocycles. The molecule has 0 aliphatic heterocycles. The first kappa shape index (κ1) is 13.6. The first-order chi connectivity index (χ1) is 9.02. The van der Waals surface area contributed by atoms with Gasteiger partial charge in [-0.3, -0.25) is 4.79 Å². The summed E-state index contributed by atoms with van der Waals surface area (Å²) in [5.74, 6) is -0.107. The number of carbonyl (C=O) groups is 1. The molecular weight excluding hydrogens is 284 g/mol. The van der Waals surface area contributed by atoms with Crippen molar-refractivity contribution in [2.24, 2.45) is 0 Å². The second-order valence-electron chi connectivity index (χ2n) is 3.87. The van der Waals surface area contributed by atoms with Gasteiger partial charge in [0.1, 0.15) is 10.7 Å². The van der Waals surface area contributed by atoms with Crippen LogP contribution in [0.4, 0.5) is 16.6 Å². The minimum absolute atomic E-state index is 0.205. The summed E-state index contributed by atoms with van der Waals surface area (Å²) in [6.07, 6.45) is 0. The van der Waals surface area contributed by atoms with Crippen molar-refractivity contribution in [3.05, 3.63) is 33.7 Å². The van der Waals surface area contributed by atoms with E-state index < -0.39 is 0 Å². The van der Waals surface area contributed by atoms with Crippen LogP contribution in [0.15, 0.2) is 18.2 Å². The predicted molar refractivity (Wildman–Crippen MR) is 80.2 cm³/mol. The smallest absolute Gasteiger partial charge is 0.269 e. The van der Waals surface area contributed by atoms with Crippen molar-refractivity contribution in [2.75, 3.05) is 23.4 Å². The Hall–Kier alpha value is -1.79. The molecule has 1 heterocycles. The maximum atomic E-state index is 12.2. The fourth-order valence-corrected chi connectivity index (χ4v) is 2.56. The molecule has 0 radical (unpaired) electrons. The molecule has 0 bridgehead atoms. The molecule has 0 aliphatic carbocycles. The van der Waals surface area contributed by atoms with Crippen LogP contribution in [0.25, 0.3) is 0 Å². The molecule has 1 amide bonds. The number of thiazole rings is 1. The number of carbonyl (C=O) groups excluding carboxylic acids is 1. The molecule has 1 aromatic carbocycles. The van der Waals surface area contributed by atoms with E-state index in [0.29, 0.717) is 20.7 Å². The predicted octanol–water partition coefficient (Wildman–Crippen LogP) is 2.98. The fourth-order valence-electron chi connectivity index (χ4n) is 1.56. The number of benzene rings is 1. The quantitative estimate of drug-likeness (QED) is 0.813. The topological polar surface area (TPSA) is 80.0 Å². The summed E-state index contributed by atoms with van der Waals surface area (Å²) in [5.41, 5.74) is 7.19. The minimum Gasteiger partial charge on any atom is -0.382 e. The van der Waals surface area contributed by atoms with Gasteiger partial charge in [0.05, 0.1) is 10.7 Å². The molecule has 7 heteroatoms. The Kier molecular flexibility index (Phi) is 3.92. The van der Waals surface area contributed by atoms with Crippen LogP contribution in [0, 0.1) is 6.92 Å². The van der Waals surface area contributed by atoms with Crippen LogP contribution in [-0.2, 0) is 0 Å². The molecule has 5 nitrogen and oxygen atoms in total. The Morgan fingerprint density at radius 1 is 1.47 bits per heavy atom. The van der Waals surface area contributed by atoms with Crippen LogP contribution >= 0.6 is 22.9 Å². The van der Waals surface area contributed by atoms with Gasteiger partial charge in [0.15, 0.2) is 5.13 Å². The van der Waals surface area contributed by atoms with E-state index in [2.05, 4.69) is 15.6 Å². The van der Waals surface area contributed by atoms with Crippen LogP contribution in [0.2, 0.25) is 5.02 Å². The molecule has 2 rings (SSSR count). The average molecular weight is 297 g/mol. The summed E-state index contributed by atoms with van der Waals surface area (Å²) >= 11 is 7.26. The summed E-state index contributed by atoms with van der Waals surface area (Å²) in [4.78, 5) is 16.6. The maximum absolute atomic E-state index is 12.2. The zero-order chi connectivity index (χ0) is 14.0. The first-order valence-corrected chi connectivity index (χ1v) is 6.73. The third-order valence-corrected chi connectivity index (χ3v) is 3.94. The van der Waals surface area contributed by atoms with Crippen molar-refractivity contribution in [3.63, 3.8) is 0 Å². The van der Waals surface area contributed by atoms with Crippen LogP contribution < -0.4 is 16.4 Å². The summed E-state index contributed by atoms with van der Waals surface area (Å²) in [5, 5.41) is 6.70. The van der Waals surface area contributed by atoms with Crippen LogP contribution in [-0.4, -0.2) is 17.9 Å². The number of hydrogen-bond acceptors (Lipinski definition) is 5. The van der Waals surface area contributed by atoms with Gasteiger partial charge in [0, 0.05) is 7.05 Å². The number of aromatic nitrogens is 1. The third-order valence-electron chi connectivity index (χ3n) is 2.53. The van der Waals surface area contributed by atoms with Gasteiger partial charge in [-0.05, 0) is 18.6 Å². The Balaban J connectivity index is 2.28. The number of para-hydroxylation sites is 1. The molecule has 4 N–H and O–H groups in total. The molecule has 2 aromatic rings. The standard InChI is InChI=1S/C12H13ClN4OS/c1-6-4-3-5-7(13)8(6)16-11(18)9-10(14)17-12(15-2)19-9/h3-5H,14H2,1-2H3,(H,15,17)(H,16,18). The van der Waals surface area contributed by atoms with Crippen molar-refractivity contribution < 1.29 is 4.79 Å². The molecule has 0 fully saturated rings. The van der Waals surface area contributed by atoms with E-state index in [1.54, 1.807) is 13.1 Å². The highest BCUT2D eigenvalue weighted by Crippen LogP contribution is 2.29. The van der Waals surface area contributed by atoms with E-state index >= 15 is 0 Å². The van der Waals surface area contributed by atoms with E-state index in [1.807, 2.05) is 19.1 Å². The van der Waals surface area contributed by atoms with Gasteiger partial charge in [0.2, 0.25) is 0 Å². The van der Waals surface area contributed by atoms with Gasteiger partial charge in [-0.2, -0.15) is 0 Å². The highest BCUT2D eigenvalue weighted by atomic mass is 35.5. The van der Waals surface area contributed by atoms with Crippen molar-refractivity contribution in [1.29, 1.82) is 0 Å². The van der Waals surface area contributed by atoms with E-state index in [4.69, 9.17) is 17.3 Å². The van der Waals surface area contributed by atoms with Gasteiger partial charge in [-0.25, -0.2) is 4.98 Å². The number of amides is 1. The number of nitrogens with two attached hydrogens (primary N) is 1. The van der Waals surface area contributed by atoms with E-state index in [-0.39, 0.29) is 11.7 Å². The molecule has 100 valence electrons. The largest absolute Gasteiger partial charge is 0.382 e. The Labute approximate surface area is 119 Å². The molecule has 0 aliphatic rings. The average Bonchev–Trinajstić information content (AvgIpc) is 2.75. The number of anilines is 3. The van der Waals surface area contributed by atoms with Crippen LogP contribution in [0.3, 0.4) is 0 Å². The normalized spacial score (nSPS) is 10.3. The number of nitrogens with one attached hydrogen (secondary N) is 2. The number of rotatable bonds is 3. The minimum atomic E-state index is -0.312. The van der Waals surface area contributed by atoms with Gasteiger partial charge in [-0.15, -0.1) is 0 Å². The first-order valence-electron chi connectivity index (χ1n) is 5.53. The molecule has 0 atom stereocenters. The fraction of sp³-hybridized carbons (Fsp3) is 0.167. The summed E-state index contributed by atoms with van der Waals surface area (Å²) in [6.45, 7) is 1.87. The highest BCUT2D eigenvalue weighted by molar-refractivity contribution is 7.18. The number of halogens is 1. The summed E-state index contributed by atoms with van der Waals surface area (Å²) in [6, 6.07) is 5.42. The summed E-state index contributed by atoms with van der Waals surface area (Å²) < 4.78 is 0. The van der Waals surface area contributed by atoms with Crippen molar-refractivity contribution in [2.45, 2.75) is 6.92 Å². The lowest BCUT2D eigenvalue weighted by atomic mass is 10.2. The molecule has 0 unspecified atom stereocenters. The number of hydrogen-bond donors (Lipinski definition) is 3. The van der Waals surface area contributed by atoms with Crippen molar-refractivity contribution in [1.82, 2.24) is 4.98 Å². The second-order valence-corrected chi connectivity index (χ2v) is 5.28. The second kappa shape index (κ2) is 5.46. The van der Waals surface area contributed by atoms with Gasteiger partial charge in [-0.1, -0.05) is 35.1 Å². The van der Waals surface area contributed by atoms with E-state index in [0.717, 1.165) is 5.56 Å². The van der Waals surface area contributed by atoms with Gasteiger partial charge >= 0.3 is 0 Å². The Morgan fingerprint density at radius 3 is 2.79 bits per heavy atom. The zero-order valence-electron chi connectivity index (χ0n) is 10.5.